The van der Waals surface area contributed by atoms with E-state index in [0.717, 1.165) is 4.90 Å². The largest absolute Gasteiger partial charge is 0.477 e. The highest BCUT2D eigenvalue weighted by Gasteiger charge is 2.40. The number of nitrogens with one attached hydrogen (secondary N) is 1. The number of hydrogen-bond donors (Lipinski definition) is 4. The lowest BCUT2D eigenvalue weighted by Gasteiger charge is -2.30. The fourth-order valence-electron chi connectivity index (χ4n) is 0.602. The molecule has 76 valence electrons. The van der Waals surface area contributed by atoms with E-state index in [1.807, 2.05) is 5.32 Å². The van der Waals surface area contributed by atoms with Gasteiger partial charge >= 0.3 is 5.97 Å². The second-order valence-corrected chi connectivity index (χ2v) is 2.62. The average Bonchev–Trinajstić information content (AvgIpc) is 2.03. The molecule has 0 bridgehead atoms. The molecule has 0 aliphatic carbocycles. The Labute approximate surface area is 75.1 Å². The highest BCUT2D eigenvalue weighted by atomic mass is 16.4. The zero-order valence-electron chi connectivity index (χ0n) is 7.44. The lowest BCUT2D eigenvalue weighted by Crippen LogP contribution is -2.64. The van der Waals surface area contributed by atoms with Crippen molar-refractivity contribution in [3.63, 3.8) is 0 Å². The zero-order chi connectivity index (χ0) is 10.6. The van der Waals surface area contributed by atoms with Gasteiger partial charge in [-0.1, -0.05) is 0 Å². The third kappa shape index (κ3) is 2.65. The SMILES string of the molecule is CN(C)C(O)(NC(=O)CN)C(=O)O. The van der Waals surface area contributed by atoms with Gasteiger partial charge in [0.05, 0.1) is 6.54 Å². The number of carbonyl (C=O) groups excluding carboxylic acids is 1. The standard InChI is InChI=1S/C6H13N3O4/c1-9(2)6(13,5(11)12)8-4(10)3-7/h13H,3,7H2,1-2H3,(H,8,10)(H,11,12). The van der Waals surface area contributed by atoms with Gasteiger partial charge in [-0.3, -0.25) is 9.69 Å². The lowest BCUT2D eigenvalue weighted by atomic mass is 10.3. The number of aliphatic hydroxyl groups is 1. The van der Waals surface area contributed by atoms with Gasteiger partial charge in [-0.05, 0) is 14.1 Å². The minimum atomic E-state index is -2.41. The summed E-state index contributed by atoms with van der Waals surface area (Å²) >= 11 is 0. The molecule has 0 saturated carbocycles. The molecular formula is C6H13N3O4. The number of aliphatic carboxylic acids is 1. The summed E-state index contributed by atoms with van der Waals surface area (Å²) in [7, 11) is 2.62. The molecule has 1 unspecified atom stereocenters. The van der Waals surface area contributed by atoms with E-state index in [1.54, 1.807) is 0 Å². The van der Waals surface area contributed by atoms with Crippen LogP contribution >= 0.6 is 0 Å². The molecule has 7 heteroatoms. The van der Waals surface area contributed by atoms with E-state index in [0.29, 0.717) is 0 Å². The summed E-state index contributed by atoms with van der Waals surface area (Å²) in [5, 5.41) is 19.9. The monoisotopic (exact) mass is 191 g/mol. The minimum absolute atomic E-state index is 0.385. The number of carbonyl (C=O) groups is 2. The topological polar surface area (TPSA) is 116 Å². The number of nitrogens with two attached hydrogens (primary N) is 1. The summed E-state index contributed by atoms with van der Waals surface area (Å²) in [6, 6.07) is 0. The Hall–Kier alpha value is -1.18. The van der Waals surface area contributed by atoms with Crippen LogP contribution in [0.3, 0.4) is 0 Å². The van der Waals surface area contributed by atoms with E-state index in [1.165, 1.54) is 14.1 Å². The van der Waals surface area contributed by atoms with Gasteiger partial charge in [0.1, 0.15) is 0 Å². The molecule has 0 aromatic heterocycles. The van der Waals surface area contributed by atoms with E-state index in [9.17, 15) is 14.7 Å². The summed E-state index contributed by atoms with van der Waals surface area (Å²) in [6.07, 6.45) is 0. The average molecular weight is 191 g/mol. The number of carboxylic acid groups (broad SMARTS) is 1. The van der Waals surface area contributed by atoms with Crippen molar-refractivity contribution in [2.45, 2.75) is 5.85 Å². The zero-order valence-corrected chi connectivity index (χ0v) is 7.44. The van der Waals surface area contributed by atoms with Crippen LogP contribution in [0.2, 0.25) is 0 Å². The van der Waals surface area contributed by atoms with E-state index in [2.05, 4.69) is 0 Å². The van der Waals surface area contributed by atoms with Crippen molar-refractivity contribution in [1.82, 2.24) is 10.2 Å². The summed E-state index contributed by atoms with van der Waals surface area (Å²) in [6.45, 7) is -0.385. The first-order valence-corrected chi connectivity index (χ1v) is 3.49. The van der Waals surface area contributed by atoms with Crippen molar-refractivity contribution in [3.05, 3.63) is 0 Å². The molecule has 5 N–H and O–H groups in total. The molecule has 0 saturated heterocycles. The molecule has 0 spiro atoms. The normalized spacial score (nSPS) is 15.2. The van der Waals surface area contributed by atoms with Gasteiger partial charge in [0, 0.05) is 0 Å². The molecule has 0 aromatic carbocycles. The van der Waals surface area contributed by atoms with Crippen molar-refractivity contribution in [1.29, 1.82) is 0 Å². The predicted molar refractivity (Wildman–Crippen MR) is 43.5 cm³/mol. The van der Waals surface area contributed by atoms with E-state index >= 15 is 0 Å². The molecule has 0 radical (unpaired) electrons. The predicted octanol–water partition coefficient (Wildman–Crippen LogP) is -2.65. The maximum absolute atomic E-state index is 10.8. The van der Waals surface area contributed by atoms with Crippen LogP contribution in [0.1, 0.15) is 0 Å². The van der Waals surface area contributed by atoms with Crippen molar-refractivity contribution in [2.75, 3.05) is 20.6 Å². The molecule has 0 rings (SSSR count). The second kappa shape index (κ2) is 4.17. The Morgan fingerprint density at radius 2 is 2.00 bits per heavy atom. The van der Waals surface area contributed by atoms with Gasteiger partial charge in [-0.2, -0.15) is 0 Å². The molecule has 0 aromatic rings. The number of rotatable bonds is 4. The van der Waals surface area contributed by atoms with Crippen LogP contribution in [-0.4, -0.2) is 53.5 Å². The fourth-order valence-corrected chi connectivity index (χ4v) is 0.602. The third-order valence-corrected chi connectivity index (χ3v) is 1.44. The summed E-state index contributed by atoms with van der Waals surface area (Å²) in [5.41, 5.74) is 4.94. The highest BCUT2D eigenvalue weighted by Crippen LogP contribution is 2.02. The Bertz CT molecular complexity index is 218. The first kappa shape index (κ1) is 11.8. The summed E-state index contributed by atoms with van der Waals surface area (Å²) < 4.78 is 0. The van der Waals surface area contributed by atoms with Crippen LogP contribution in [0.25, 0.3) is 0 Å². The van der Waals surface area contributed by atoms with Crippen LogP contribution in [0.4, 0.5) is 0 Å². The van der Waals surface area contributed by atoms with Crippen molar-refractivity contribution >= 4 is 11.9 Å². The third-order valence-electron chi connectivity index (χ3n) is 1.44. The van der Waals surface area contributed by atoms with Gasteiger partial charge in [0.2, 0.25) is 5.91 Å². The maximum atomic E-state index is 10.8. The highest BCUT2D eigenvalue weighted by molar-refractivity contribution is 5.85. The number of amides is 1. The van der Waals surface area contributed by atoms with Crippen LogP contribution in [0.5, 0.6) is 0 Å². The number of likely N-dealkylation sites (N-methyl/N-ethyl adjacent to an activating group) is 1. The summed E-state index contributed by atoms with van der Waals surface area (Å²) in [4.78, 5) is 22.3. The number of hydrogen-bond acceptors (Lipinski definition) is 5. The van der Waals surface area contributed by atoms with Crippen LogP contribution < -0.4 is 11.1 Å². The van der Waals surface area contributed by atoms with Crippen molar-refractivity contribution < 1.29 is 19.8 Å². The second-order valence-electron chi connectivity index (χ2n) is 2.62. The van der Waals surface area contributed by atoms with Gasteiger partial charge in [-0.25, -0.2) is 4.79 Å². The smallest absolute Gasteiger partial charge is 0.374 e. The maximum Gasteiger partial charge on any atom is 0.374 e. The lowest BCUT2D eigenvalue weighted by molar-refractivity contribution is -0.187. The summed E-state index contributed by atoms with van der Waals surface area (Å²) in [5.74, 6) is -4.73. The molecule has 0 fully saturated rings. The van der Waals surface area contributed by atoms with Gasteiger partial charge in [0.25, 0.3) is 5.85 Å². The van der Waals surface area contributed by atoms with Gasteiger partial charge in [-0.15, -0.1) is 0 Å². The molecular weight excluding hydrogens is 178 g/mol. The van der Waals surface area contributed by atoms with Crippen LogP contribution in [0.15, 0.2) is 0 Å². The van der Waals surface area contributed by atoms with E-state index < -0.39 is 17.7 Å². The Morgan fingerprint density at radius 1 is 1.54 bits per heavy atom. The van der Waals surface area contributed by atoms with Crippen molar-refractivity contribution in [3.8, 4) is 0 Å². The molecule has 1 atom stereocenters. The van der Waals surface area contributed by atoms with Gasteiger partial charge in [0.15, 0.2) is 0 Å². The fraction of sp³-hybridized carbons (Fsp3) is 0.667. The van der Waals surface area contributed by atoms with Gasteiger partial charge < -0.3 is 21.3 Å². The number of carboxylic acids is 1. The Morgan fingerprint density at radius 3 is 2.23 bits per heavy atom. The number of nitrogens with zero attached hydrogens (tertiary/aromatic N) is 1. The van der Waals surface area contributed by atoms with Crippen LogP contribution in [0, 0.1) is 0 Å². The van der Waals surface area contributed by atoms with E-state index in [-0.39, 0.29) is 6.54 Å². The Kier molecular flexibility index (Phi) is 3.79. The van der Waals surface area contributed by atoms with E-state index in [4.69, 9.17) is 10.8 Å². The molecule has 0 heterocycles. The van der Waals surface area contributed by atoms with Crippen LogP contribution in [-0.2, 0) is 9.59 Å². The van der Waals surface area contributed by atoms with Crippen molar-refractivity contribution in [2.24, 2.45) is 5.73 Å². The molecule has 1 amide bonds. The first-order valence-electron chi connectivity index (χ1n) is 3.49. The first-order chi connectivity index (χ1) is 5.84. The quantitative estimate of drug-likeness (QED) is 0.361. The Balaban J connectivity index is 4.61. The minimum Gasteiger partial charge on any atom is -0.477 e. The molecule has 13 heavy (non-hydrogen) atoms. The molecule has 7 nitrogen and oxygen atoms in total. The molecule has 0 aliphatic heterocycles. The molecule has 0 aliphatic rings.